The topological polar surface area (TPSA) is 82.5 Å². The van der Waals surface area contributed by atoms with E-state index in [1.54, 1.807) is 43.8 Å². The van der Waals surface area contributed by atoms with E-state index in [0.29, 0.717) is 46.1 Å². The Morgan fingerprint density at radius 1 is 1.39 bits per heavy atom. The summed E-state index contributed by atoms with van der Waals surface area (Å²) in [5, 5.41) is 4.37. The number of nitrogens with zero attached hydrogens (tertiary/aromatic N) is 2. The highest BCUT2D eigenvalue weighted by Gasteiger charge is 2.26. The maximum atomic E-state index is 13.9. The molecule has 0 radical (unpaired) electrons. The molecule has 2 aromatic heterocycles. The van der Waals surface area contributed by atoms with E-state index in [9.17, 15) is 9.59 Å². The van der Waals surface area contributed by atoms with Crippen molar-refractivity contribution in [3.05, 3.63) is 44.0 Å². The molecule has 0 saturated heterocycles. The van der Waals surface area contributed by atoms with Crippen LogP contribution in [0.25, 0.3) is 15.9 Å². The molecule has 1 atom stereocenters. The number of halogens is 1. The predicted molar refractivity (Wildman–Crippen MR) is 134 cm³/mol. The van der Waals surface area contributed by atoms with Crippen molar-refractivity contribution in [2.45, 2.75) is 31.3 Å². The third-order valence-electron chi connectivity index (χ3n) is 5.64. The van der Waals surface area contributed by atoms with Gasteiger partial charge in [-0.2, -0.15) is 0 Å². The van der Waals surface area contributed by atoms with Crippen molar-refractivity contribution in [1.29, 1.82) is 0 Å². The molecule has 0 fully saturated rings. The fourth-order valence-corrected chi connectivity index (χ4v) is 6.42. The van der Waals surface area contributed by atoms with Crippen LogP contribution >= 0.6 is 34.7 Å². The molecule has 1 aromatic carbocycles. The molecule has 0 saturated carbocycles. The largest absolute Gasteiger partial charge is 0.495 e. The van der Waals surface area contributed by atoms with Crippen molar-refractivity contribution in [1.82, 2.24) is 14.9 Å². The molecule has 0 unspecified atom stereocenters. The Kier molecular flexibility index (Phi) is 7.63. The Hall–Kier alpha value is -2.07. The number of aromatic nitrogens is 2. The second-order valence-electron chi connectivity index (χ2n) is 8.01. The van der Waals surface area contributed by atoms with E-state index in [4.69, 9.17) is 26.1 Å². The fraction of sp³-hybridized carbons (Fsp3) is 0.435. The first-order valence-corrected chi connectivity index (χ1v) is 12.9. The number of hydrogen-bond donors (Lipinski definition) is 1. The first-order valence-electron chi connectivity index (χ1n) is 10.7. The Morgan fingerprint density at radius 3 is 2.97 bits per heavy atom. The van der Waals surface area contributed by atoms with Gasteiger partial charge in [0, 0.05) is 23.6 Å². The minimum atomic E-state index is -0.157. The van der Waals surface area contributed by atoms with Crippen LogP contribution in [-0.2, 0) is 22.4 Å². The Balaban J connectivity index is 1.83. The molecule has 4 rings (SSSR count). The summed E-state index contributed by atoms with van der Waals surface area (Å²) >= 11 is 9.09. The number of fused-ring (bicyclic) bond motifs is 3. The van der Waals surface area contributed by atoms with Crippen LogP contribution in [0, 0.1) is 5.92 Å². The summed E-state index contributed by atoms with van der Waals surface area (Å²) in [5.41, 5.74) is 1.46. The summed E-state index contributed by atoms with van der Waals surface area (Å²) < 4.78 is 12.0. The van der Waals surface area contributed by atoms with Gasteiger partial charge in [0.2, 0.25) is 5.91 Å². The Bertz CT molecular complexity index is 1240. The molecule has 0 aliphatic heterocycles. The number of aryl methyl sites for hydroxylation is 1. The lowest BCUT2D eigenvalue weighted by Crippen LogP contribution is -2.29. The highest BCUT2D eigenvalue weighted by Crippen LogP contribution is 2.38. The molecule has 1 aliphatic rings. The molecule has 1 aliphatic carbocycles. The van der Waals surface area contributed by atoms with Crippen molar-refractivity contribution in [2.75, 3.05) is 33.1 Å². The van der Waals surface area contributed by atoms with Gasteiger partial charge in [-0.25, -0.2) is 4.98 Å². The second kappa shape index (κ2) is 10.5. The van der Waals surface area contributed by atoms with Crippen LogP contribution in [0.3, 0.4) is 0 Å². The Labute approximate surface area is 205 Å². The van der Waals surface area contributed by atoms with Gasteiger partial charge >= 0.3 is 0 Å². The number of carbonyl (C=O) groups is 1. The van der Waals surface area contributed by atoms with E-state index < -0.39 is 0 Å². The smallest absolute Gasteiger partial charge is 0.267 e. The lowest BCUT2D eigenvalue weighted by atomic mass is 9.89. The van der Waals surface area contributed by atoms with Gasteiger partial charge in [-0.15, -0.1) is 11.3 Å². The lowest BCUT2D eigenvalue weighted by molar-refractivity contribution is -0.118. The standard InChI is InChI=1S/C23H26ClN3O4S2/c1-13-4-6-15-18(10-13)33-21-20(15)22(29)27(16-11-14(24)5-7-17(16)31-3)23(26-21)32-12-19(28)25-8-9-30-2/h5,7,11,13H,4,6,8-10,12H2,1-3H3,(H,25,28)/t13-/m0/s1. The third-order valence-corrected chi connectivity index (χ3v) is 7.96. The SMILES string of the molecule is COCCNC(=O)CSc1nc2sc3c(c2c(=O)n1-c1cc(Cl)ccc1OC)CC[C@H](C)C3. The average Bonchev–Trinajstić information content (AvgIpc) is 3.15. The highest BCUT2D eigenvalue weighted by molar-refractivity contribution is 7.99. The van der Waals surface area contributed by atoms with Crippen LogP contribution in [-0.4, -0.2) is 48.6 Å². The Morgan fingerprint density at radius 2 is 2.21 bits per heavy atom. The maximum absolute atomic E-state index is 13.9. The number of rotatable bonds is 8. The second-order valence-corrected chi connectivity index (χ2v) is 10.5. The molecule has 33 heavy (non-hydrogen) atoms. The fourth-order valence-electron chi connectivity index (χ4n) is 3.99. The molecule has 1 N–H and O–H groups in total. The van der Waals surface area contributed by atoms with Crippen LogP contribution in [0.2, 0.25) is 5.02 Å². The van der Waals surface area contributed by atoms with Gasteiger partial charge in [0.05, 0.1) is 30.5 Å². The number of benzene rings is 1. The molecule has 0 bridgehead atoms. The van der Waals surface area contributed by atoms with Gasteiger partial charge in [-0.3, -0.25) is 14.2 Å². The molecule has 7 nitrogen and oxygen atoms in total. The van der Waals surface area contributed by atoms with E-state index in [-0.39, 0.29) is 17.2 Å². The summed E-state index contributed by atoms with van der Waals surface area (Å²) in [6.45, 7) is 3.09. The molecule has 176 valence electrons. The van der Waals surface area contributed by atoms with Crippen LogP contribution < -0.4 is 15.6 Å². The minimum Gasteiger partial charge on any atom is -0.495 e. The van der Waals surface area contributed by atoms with Gasteiger partial charge in [0.15, 0.2) is 5.16 Å². The number of thioether (sulfide) groups is 1. The van der Waals surface area contributed by atoms with Crippen molar-refractivity contribution in [3.8, 4) is 11.4 Å². The summed E-state index contributed by atoms with van der Waals surface area (Å²) in [6, 6.07) is 5.13. The van der Waals surface area contributed by atoms with Crippen LogP contribution in [0.1, 0.15) is 23.8 Å². The summed E-state index contributed by atoms with van der Waals surface area (Å²) in [4.78, 5) is 33.0. The van der Waals surface area contributed by atoms with Gasteiger partial charge in [-0.05, 0) is 48.9 Å². The zero-order valence-electron chi connectivity index (χ0n) is 18.8. The normalized spacial score (nSPS) is 15.5. The van der Waals surface area contributed by atoms with Gasteiger partial charge in [-0.1, -0.05) is 30.3 Å². The number of ether oxygens (including phenoxy) is 2. The highest BCUT2D eigenvalue weighted by atomic mass is 35.5. The molecular formula is C23H26ClN3O4S2. The van der Waals surface area contributed by atoms with E-state index >= 15 is 0 Å². The maximum Gasteiger partial charge on any atom is 0.267 e. The molecular weight excluding hydrogens is 482 g/mol. The van der Waals surface area contributed by atoms with Crippen molar-refractivity contribution in [3.63, 3.8) is 0 Å². The molecule has 2 heterocycles. The molecule has 3 aromatic rings. The number of methoxy groups -OCH3 is 2. The predicted octanol–water partition coefficient (Wildman–Crippen LogP) is 4.09. The molecule has 1 amide bonds. The van der Waals surface area contributed by atoms with Crippen molar-refractivity contribution >= 4 is 50.8 Å². The van der Waals surface area contributed by atoms with Crippen LogP contribution in [0.15, 0.2) is 28.2 Å². The van der Waals surface area contributed by atoms with E-state index in [2.05, 4.69) is 12.2 Å². The zero-order valence-corrected chi connectivity index (χ0v) is 21.2. The first-order chi connectivity index (χ1) is 15.9. The number of hydrogen-bond acceptors (Lipinski definition) is 7. The molecule has 0 spiro atoms. The average molecular weight is 508 g/mol. The van der Waals surface area contributed by atoms with Gasteiger partial charge < -0.3 is 14.8 Å². The van der Waals surface area contributed by atoms with Gasteiger partial charge in [0.25, 0.3) is 5.56 Å². The number of thiophene rings is 1. The summed E-state index contributed by atoms with van der Waals surface area (Å²) in [7, 11) is 3.13. The van der Waals surface area contributed by atoms with Gasteiger partial charge in [0.1, 0.15) is 10.6 Å². The summed E-state index contributed by atoms with van der Waals surface area (Å²) in [5.74, 6) is 1.06. The number of amides is 1. The van der Waals surface area contributed by atoms with E-state index in [1.807, 2.05) is 0 Å². The van der Waals surface area contributed by atoms with E-state index in [1.165, 1.54) is 21.2 Å². The van der Waals surface area contributed by atoms with Crippen LogP contribution in [0.4, 0.5) is 0 Å². The molecule has 10 heteroatoms. The van der Waals surface area contributed by atoms with Crippen molar-refractivity contribution in [2.24, 2.45) is 5.92 Å². The first kappa shape index (κ1) is 24.1. The van der Waals surface area contributed by atoms with E-state index in [0.717, 1.165) is 29.7 Å². The monoisotopic (exact) mass is 507 g/mol. The zero-order chi connectivity index (χ0) is 23.5. The quantitative estimate of drug-likeness (QED) is 0.281. The van der Waals surface area contributed by atoms with Crippen molar-refractivity contribution < 1.29 is 14.3 Å². The summed E-state index contributed by atoms with van der Waals surface area (Å²) in [6.07, 6.45) is 2.88. The third kappa shape index (κ3) is 5.06. The number of carbonyl (C=O) groups excluding carboxylic acids is 1. The number of nitrogens with one attached hydrogen (secondary N) is 1. The van der Waals surface area contributed by atoms with Crippen LogP contribution in [0.5, 0.6) is 5.75 Å². The minimum absolute atomic E-state index is 0.118. The lowest BCUT2D eigenvalue weighted by Gasteiger charge is -2.18.